The van der Waals surface area contributed by atoms with Gasteiger partial charge in [0.1, 0.15) is 5.75 Å². The van der Waals surface area contributed by atoms with Crippen molar-refractivity contribution in [2.45, 2.75) is 44.4 Å². The van der Waals surface area contributed by atoms with Gasteiger partial charge in [0.05, 0.1) is 16.0 Å². The number of ether oxygens (including phenoxy) is 1. The van der Waals surface area contributed by atoms with Crippen molar-refractivity contribution in [2.75, 3.05) is 25.0 Å². The van der Waals surface area contributed by atoms with Crippen LogP contribution in [0.3, 0.4) is 0 Å². The molecule has 7 nitrogen and oxygen atoms in total. The SMILES string of the molecule is CC(C)CCOc1ccc(C(=O)NC(=S)Nc2ccc(S(=O)(=O)N3CCCCC3)cc2)cc1Br. The number of nitrogens with zero attached hydrogens (tertiary/aromatic N) is 1. The summed E-state index contributed by atoms with van der Waals surface area (Å²) in [5.41, 5.74) is 1.01. The first-order valence-electron chi connectivity index (χ1n) is 11.3. The topological polar surface area (TPSA) is 87.7 Å². The van der Waals surface area contributed by atoms with Crippen LogP contribution in [-0.4, -0.2) is 43.4 Å². The van der Waals surface area contributed by atoms with Crippen molar-refractivity contribution in [3.05, 3.63) is 52.5 Å². The molecule has 0 unspecified atom stereocenters. The molecule has 2 aromatic rings. The zero-order valence-corrected chi connectivity index (χ0v) is 22.6. The Balaban J connectivity index is 1.56. The molecule has 3 rings (SSSR count). The van der Waals surface area contributed by atoms with E-state index in [2.05, 4.69) is 40.4 Å². The molecule has 0 atom stereocenters. The zero-order chi connectivity index (χ0) is 24.7. The molecule has 1 fully saturated rings. The quantitative estimate of drug-likeness (QED) is 0.427. The maximum Gasteiger partial charge on any atom is 0.257 e. The summed E-state index contributed by atoms with van der Waals surface area (Å²) in [5, 5.41) is 5.67. The number of anilines is 1. The fourth-order valence-electron chi connectivity index (χ4n) is 3.47. The lowest BCUT2D eigenvalue weighted by Gasteiger charge is -2.25. The van der Waals surface area contributed by atoms with Crippen molar-refractivity contribution < 1.29 is 17.9 Å². The Morgan fingerprint density at radius 3 is 2.41 bits per heavy atom. The first-order valence-corrected chi connectivity index (χ1v) is 14.0. The molecule has 2 aromatic carbocycles. The van der Waals surface area contributed by atoms with E-state index < -0.39 is 10.0 Å². The summed E-state index contributed by atoms with van der Waals surface area (Å²) in [5.74, 6) is 0.862. The fraction of sp³-hybridized carbons (Fsp3) is 0.417. The second-order valence-corrected chi connectivity index (χ2v) is 11.8. The van der Waals surface area contributed by atoms with E-state index in [1.54, 1.807) is 42.5 Å². The van der Waals surface area contributed by atoms with E-state index in [0.717, 1.165) is 25.7 Å². The normalized spacial score (nSPS) is 14.6. The second-order valence-electron chi connectivity index (χ2n) is 8.57. The van der Waals surface area contributed by atoms with Gasteiger partial charge in [-0.3, -0.25) is 10.1 Å². The van der Waals surface area contributed by atoms with Gasteiger partial charge >= 0.3 is 0 Å². The van der Waals surface area contributed by atoms with Gasteiger partial charge in [0.15, 0.2) is 5.11 Å². The summed E-state index contributed by atoms with van der Waals surface area (Å²) >= 11 is 8.70. The smallest absolute Gasteiger partial charge is 0.257 e. The minimum absolute atomic E-state index is 0.116. The standard InChI is InChI=1S/C24H30BrN3O4S2/c1-17(2)12-15-32-22-11-6-18(16-21(22)25)23(29)27-24(33)26-19-7-9-20(10-8-19)34(30,31)28-13-4-3-5-14-28/h6-11,16-17H,3-5,12-15H2,1-2H3,(H2,26,27,29,33). The number of amides is 1. The molecule has 0 spiro atoms. The maximum atomic E-state index is 12.8. The van der Waals surface area contributed by atoms with Gasteiger partial charge in [-0.1, -0.05) is 20.3 Å². The van der Waals surface area contributed by atoms with E-state index in [-0.39, 0.29) is 15.9 Å². The van der Waals surface area contributed by atoms with Gasteiger partial charge in [-0.2, -0.15) is 4.31 Å². The van der Waals surface area contributed by atoms with Crippen LogP contribution >= 0.6 is 28.1 Å². The summed E-state index contributed by atoms with van der Waals surface area (Å²) in [7, 11) is -3.49. The fourth-order valence-corrected chi connectivity index (χ4v) is 5.69. The number of hydrogen-bond acceptors (Lipinski definition) is 5. The monoisotopic (exact) mass is 567 g/mol. The van der Waals surface area contributed by atoms with E-state index >= 15 is 0 Å². The van der Waals surface area contributed by atoms with E-state index in [1.165, 1.54) is 4.31 Å². The number of nitrogens with one attached hydrogen (secondary N) is 2. The lowest BCUT2D eigenvalue weighted by Crippen LogP contribution is -2.35. The van der Waals surface area contributed by atoms with Crippen LogP contribution in [0.1, 0.15) is 49.9 Å². The molecule has 0 aliphatic carbocycles. The van der Waals surface area contributed by atoms with Crippen LogP contribution < -0.4 is 15.4 Å². The van der Waals surface area contributed by atoms with Crippen molar-refractivity contribution in [3.63, 3.8) is 0 Å². The molecule has 1 aliphatic heterocycles. The predicted octanol–water partition coefficient (Wildman–Crippen LogP) is 5.18. The van der Waals surface area contributed by atoms with Crippen LogP contribution in [0.15, 0.2) is 51.8 Å². The van der Waals surface area contributed by atoms with E-state index in [0.29, 0.717) is 47.1 Å². The summed E-state index contributed by atoms with van der Waals surface area (Å²) in [4.78, 5) is 12.8. The van der Waals surface area contributed by atoms with Crippen LogP contribution in [0.4, 0.5) is 5.69 Å². The summed E-state index contributed by atoms with van der Waals surface area (Å²) < 4.78 is 33.5. The summed E-state index contributed by atoms with van der Waals surface area (Å²) in [6, 6.07) is 11.5. The zero-order valence-electron chi connectivity index (χ0n) is 19.3. The molecule has 184 valence electrons. The van der Waals surface area contributed by atoms with Gasteiger partial charge in [-0.25, -0.2) is 8.42 Å². The number of thiocarbonyl (C=S) groups is 1. The van der Waals surface area contributed by atoms with Crippen molar-refractivity contribution in [1.82, 2.24) is 9.62 Å². The molecular weight excluding hydrogens is 538 g/mol. The first kappa shape index (κ1) is 26.6. The summed E-state index contributed by atoms with van der Waals surface area (Å²) in [6.45, 7) is 5.98. The van der Waals surface area contributed by atoms with Gasteiger partial charge in [-0.15, -0.1) is 0 Å². The first-order chi connectivity index (χ1) is 16.2. The largest absolute Gasteiger partial charge is 0.492 e. The van der Waals surface area contributed by atoms with Crippen LogP contribution in [0.5, 0.6) is 5.75 Å². The average molecular weight is 569 g/mol. The molecule has 0 radical (unpaired) electrons. The predicted molar refractivity (Wildman–Crippen MR) is 142 cm³/mol. The highest BCUT2D eigenvalue weighted by molar-refractivity contribution is 9.10. The molecule has 1 saturated heterocycles. The minimum atomic E-state index is -3.49. The van der Waals surface area contributed by atoms with Crippen LogP contribution in [0.25, 0.3) is 0 Å². The number of halogens is 1. The average Bonchev–Trinajstić information content (AvgIpc) is 2.80. The molecule has 0 aromatic heterocycles. The Hall–Kier alpha value is -2.01. The third kappa shape index (κ3) is 7.24. The molecule has 34 heavy (non-hydrogen) atoms. The molecular formula is C24H30BrN3O4S2. The number of piperidine rings is 1. The van der Waals surface area contributed by atoms with Gasteiger partial charge in [0, 0.05) is 24.3 Å². The van der Waals surface area contributed by atoms with E-state index in [1.807, 2.05) is 0 Å². The molecule has 1 aliphatic rings. The molecule has 0 bridgehead atoms. The van der Waals surface area contributed by atoms with Gasteiger partial charge < -0.3 is 10.1 Å². The van der Waals surface area contributed by atoms with Crippen molar-refractivity contribution in [3.8, 4) is 5.75 Å². The third-order valence-corrected chi connectivity index (χ3v) is 8.18. The molecule has 2 N–H and O–H groups in total. The van der Waals surface area contributed by atoms with Crippen LogP contribution in [0.2, 0.25) is 0 Å². The molecule has 0 saturated carbocycles. The van der Waals surface area contributed by atoms with Crippen LogP contribution in [-0.2, 0) is 10.0 Å². The number of hydrogen-bond donors (Lipinski definition) is 2. The highest BCUT2D eigenvalue weighted by Crippen LogP contribution is 2.26. The highest BCUT2D eigenvalue weighted by Gasteiger charge is 2.25. The minimum Gasteiger partial charge on any atom is -0.492 e. The van der Waals surface area contributed by atoms with Gasteiger partial charge in [0.25, 0.3) is 5.91 Å². The second kappa shape index (κ2) is 12.1. The van der Waals surface area contributed by atoms with Gasteiger partial charge in [0.2, 0.25) is 10.0 Å². The number of sulfonamides is 1. The van der Waals surface area contributed by atoms with Crippen molar-refractivity contribution in [2.24, 2.45) is 5.92 Å². The Kier molecular flexibility index (Phi) is 9.47. The molecule has 10 heteroatoms. The number of carbonyl (C=O) groups is 1. The lowest BCUT2D eigenvalue weighted by atomic mass is 10.1. The number of benzene rings is 2. The van der Waals surface area contributed by atoms with Crippen molar-refractivity contribution >= 4 is 54.9 Å². The van der Waals surface area contributed by atoms with E-state index in [9.17, 15) is 13.2 Å². The Morgan fingerprint density at radius 2 is 1.79 bits per heavy atom. The van der Waals surface area contributed by atoms with Gasteiger partial charge in [-0.05, 0) is 95.8 Å². The van der Waals surface area contributed by atoms with Crippen LogP contribution in [0, 0.1) is 5.92 Å². The third-order valence-electron chi connectivity index (χ3n) is 5.44. The summed E-state index contributed by atoms with van der Waals surface area (Å²) in [6.07, 6.45) is 3.78. The van der Waals surface area contributed by atoms with E-state index in [4.69, 9.17) is 17.0 Å². The maximum absolute atomic E-state index is 12.8. The molecule has 1 amide bonds. The highest BCUT2D eigenvalue weighted by atomic mass is 79.9. The molecule has 1 heterocycles. The Morgan fingerprint density at radius 1 is 1.12 bits per heavy atom. The Labute approximate surface area is 215 Å². The Bertz CT molecular complexity index is 1120. The lowest BCUT2D eigenvalue weighted by molar-refractivity contribution is 0.0977. The number of rotatable bonds is 8. The van der Waals surface area contributed by atoms with Crippen molar-refractivity contribution in [1.29, 1.82) is 0 Å². The number of carbonyl (C=O) groups excluding carboxylic acids is 1.